The van der Waals surface area contributed by atoms with E-state index in [4.69, 9.17) is 0 Å². The van der Waals surface area contributed by atoms with Gasteiger partial charge < -0.3 is 9.80 Å². The zero-order valence-electron chi connectivity index (χ0n) is 44.1. The second-order valence-corrected chi connectivity index (χ2v) is 22.3. The zero-order valence-corrected chi connectivity index (χ0v) is 44.1. The highest BCUT2D eigenvalue weighted by molar-refractivity contribution is 5.98. The Labute approximate surface area is 462 Å². The lowest BCUT2D eigenvalue weighted by molar-refractivity contribution is 0.660. The average Bonchev–Trinajstić information content (AvgIpc) is 3.47. The smallest absolute Gasteiger partial charge is 0.0727 e. The molecule has 0 fully saturated rings. The third-order valence-electron chi connectivity index (χ3n) is 18.1. The summed E-state index contributed by atoms with van der Waals surface area (Å²) in [5.74, 6) is 0. The predicted molar refractivity (Wildman–Crippen MR) is 327 cm³/mol. The van der Waals surface area contributed by atoms with Crippen LogP contribution in [0.25, 0.3) is 44.5 Å². The number of hydrogen-bond acceptors (Lipinski definition) is 2. The van der Waals surface area contributed by atoms with E-state index in [0.29, 0.717) is 0 Å². The maximum absolute atomic E-state index is 2.56. The first-order chi connectivity index (χ1) is 39.0. The molecule has 0 aliphatic heterocycles. The minimum absolute atomic E-state index is 0.199. The van der Waals surface area contributed by atoms with Crippen LogP contribution in [0, 0.1) is 0 Å². The SMILES string of the molecule is CC1(C)c2ccccc2-c2ccc(N(c3ccc4c(c3)C(c3ccccc3)(c3ccccc3)c3ccccc3-4)c3ccc4c(c3)C3(c5ccccc5-c5ccc(N(c6ccccc6)c6ccccc6)cc53)c3ccccc3-4)cc21. The Balaban J connectivity index is 0.964. The van der Waals surface area contributed by atoms with Gasteiger partial charge in [0.25, 0.3) is 0 Å². The lowest BCUT2D eigenvalue weighted by atomic mass is 9.67. The standard InChI is InChI=1S/C77H54N2/c1-75(2)67-35-19-15-31-59(67)63-43-39-55(47-71(63)75)79(57-41-44-64-60-32-16-20-36-68(60)76(72(64)48-57,51-23-7-3-8-24-51)52-25-9-4-10-26-52)58-42-46-66-62-34-18-22-38-70(62)77(74(66)50-58)69-37-21-17-33-61(69)65-45-40-56(49-73(65)77)78(53-27-11-5-12-28-53)54-29-13-6-14-30-54/h3-50H,1-2H3. The van der Waals surface area contributed by atoms with E-state index in [2.05, 4.69) is 315 Å². The molecule has 1 atom stereocenters. The summed E-state index contributed by atoms with van der Waals surface area (Å²) in [6.45, 7) is 4.78. The molecule has 0 aromatic heterocycles. The molecule has 1 unspecified atom stereocenters. The fraction of sp³-hybridized carbons (Fsp3) is 0.0649. The molecule has 0 bridgehead atoms. The fourth-order valence-corrected chi connectivity index (χ4v) is 14.8. The van der Waals surface area contributed by atoms with E-state index < -0.39 is 10.8 Å². The number of fused-ring (bicyclic) bond motifs is 16. The van der Waals surface area contributed by atoms with Gasteiger partial charge in [0.15, 0.2) is 0 Å². The average molecular weight is 1010 g/mol. The van der Waals surface area contributed by atoms with Crippen molar-refractivity contribution in [2.75, 3.05) is 9.80 Å². The van der Waals surface area contributed by atoms with Crippen LogP contribution in [0.3, 0.4) is 0 Å². The molecule has 2 nitrogen and oxygen atoms in total. The van der Waals surface area contributed by atoms with Crippen LogP contribution in [-0.2, 0) is 16.2 Å². The Kier molecular flexibility index (Phi) is 9.85. The summed E-state index contributed by atoms with van der Waals surface area (Å²) in [6.07, 6.45) is 0. The van der Waals surface area contributed by atoms with Crippen molar-refractivity contribution < 1.29 is 0 Å². The van der Waals surface area contributed by atoms with Crippen LogP contribution in [0.15, 0.2) is 291 Å². The van der Waals surface area contributed by atoms with E-state index >= 15 is 0 Å². The summed E-state index contributed by atoms with van der Waals surface area (Å²) in [6, 6.07) is 109. The molecule has 2 heteroatoms. The highest BCUT2D eigenvalue weighted by Gasteiger charge is 2.53. The van der Waals surface area contributed by atoms with Crippen molar-refractivity contribution in [2.45, 2.75) is 30.1 Å². The van der Waals surface area contributed by atoms with Crippen LogP contribution >= 0.6 is 0 Å². The second kappa shape index (κ2) is 17.1. The molecule has 0 N–H and O–H groups in total. The van der Waals surface area contributed by atoms with Crippen molar-refractivity contribution in [1.82, 2.24) is 0 Å². The molecule has 372 valence electrons. The summed E-state index contributed by atoms with van der Waals surface area (Å²) in [5.41, 5.74) is 28.5. The molecule has 0 amide bonds. The van der Waals surface area contributed by atoms with Gasteiger partial charge in [-0.3, -0.25) is 0 Å². The summed E-state index contributed by atoms with van der Waals surface area (Å²) < 4.78 is 0. The molecular formula is C77H54N2. The first-order valence-electron chi connectivity index (χ1n) is 27.7. The molecular weight excluding hydrogens is 953 g/mol. The maximum Gasteiger partial charge on any atom is 0.0727 e. The van der Waals surface area contributed by atoms with Crippen molar-refractivity contribution in [3.8, 4) is 44.5 Å². The Morgan fingerprint density at radius 3 is 0.873 bits per heavy atom. The van der Waals surface area contributed by atoms with Gasteiger partial charge in [-0.25, -0.2) is 0 Å². The molecule has 0 heterocycles. The molecule has 0 radical (unpaired) electrons. The summed E-state index contributed by atoms with van der Waals surface area (Å²) >= 11 is 0. The third kappa shape index (κ3) is 6.29. The van der Waals surface area contributed by atoms with Crippen LogP contribution in [0.5, 0.6) is 0 Å². The van der Waals surface area contributed by atoms with Gasteiger partial charge in [0.05, 0.1) is 10.8 Å². The maximum atomic E-state index is 2.56. The Morgan fingerprint density at radius 2 is 0.468 bits per heavy atom. The van der Waals surface area contributed by atoms with Crippen molar-refractivity contribution in [3.05, 3.63) is 347 Å². The quantitative estimate of drug-likeness (QED) is 0.150. The fourth-order valence-electron chi connectivity index (χ4n) is 14.8. The van der Waals surface area contributed by atoms with Crippen LogP contribution < -0.4 is 9.80 Å². The van der Waals surface area contributed by atoms with Crippen LogP contribution in [0.2, 0.25) is 0 Å². The number of hydrogen-bond donors (Lipinski definition) is 0. The normalized spacial score (nSPS) is 15.7. The van der Waals surface area contributed by atoms with Gasteiger partial charge in [-0.1, -0.05) is 232 Å². The number of anilines is 6. The van der Waals surface area contributed by atoms with Crippen molar-refractivity contribution in [2.24, 2.45) is 0 Å². The molecule has 4 aliphatic rings. The van der Waals surface area contributed by atoms with Crippen molar-refractivity contribution in [3.63, 3.8) is 0 Å². The molecule has 1 spiro atoms. The van der Waals surface area contributed by atoms with E-state index in [1.165, 1.54) is 100 Å². The van der Waals surface area contributed by atoms with Gasteiger partial charge in [-0.2, -0.15) is 0 Å². The number of benzene rings is 12. The summed E-state index contributed by atoms with van der Waals surface area (Å²) in [5, 5.41) is 0. The van der Waals surface area contributed by atoms with E-state index in [1.54, 1.807) is 0 Å². The van der Waals surface area contributed by atoms with Gasteiger partial charge in [0.1, 0.15) is 0 Å². The predicted octanol–water partition coefficient (Wildman–Crippen LogP) is 19.6. The highest BCUT2D eigenvalue weighted by atomic mass is 15.1. The molecule has 4 aliphatic carbocycles. The number of para-hydroxylation sites is 2. The molecule has 0 saturated carbocycles. The lowest BCUT2D eigenvalue weighted by Gasteiger charge is -2.35. The topological polar surface area (TPSA) is 6.48 Å². The molecule has 79 heavy (non-hydrogen) atoms. The van der Waals surface area contributed by atoms with Gasteiger partial charge in [-0.15, -0.1) is 0 Å². The monoisotopic (exact) mass is 1010 g/mol. The van der Waals surface area contributed by atoms with Crippen molar-refractivity contribution in [1.29, 1.82) is 0 Å². The number of rotatable bonds is 8. The zero-order chi connectivity index (χ0) is 52.5. The van der Waals surface area contributed by atoms with Gasteiger partial charge in [-0.05, 0) is 173 Å². The minimum Gasteiger partial charge on any atom is -0.310 e. The molecule has 12 aromatic carbocycles. The van der Waals surface area contributed by atoms with E-state index in [0.717, 1.165) is 34.1 Å². The van der Waals surface area contributed by atoms with Crippen LogP contribution in [0.1, 0.15) is 69.5 Å². The molecule has 12 aromatic rings. The highest BCUT2D eigenvalue weighted by Crippen LogP contribution is 2.65. The minimum atomic E-state index is -0.620. The van der Waals surface area contributed by atoms with Crippen LogP contribution in [-0.4, -0.2) is 0 Å². The van der Waals surface area contributed by atoms with Crippen LogP contribution in [0.4, 0.5) is 34.1 Å². The Hall–Kier alpha value is -9.76. The second-order valence-electron chi connectivity index (χ2n) is 22.3. The third-order valence-corrected chi connectivity index (χ3v) is 18.1. The first-order valence-corrected chi connectivity index (χ1v) is 27.7. The van der Waals surface area contributed by atoms with Gasteiger partial charge >= 0.3 is 0 Å². The molecule has 0 saturated heterocycles. The van der Waals surface area contributed by atoms with E-state index in [9.17, 15) is 0 Å². The van der Waals surface area contributed by atoms with E-state index in [-0.39, 0.29) is 5.41 Å². The van der Waals surface area contributed by atoms with Gasteiger partial charge in [0, 0.05) is 39.5 Å². The van der Waals surface area contributed by atoms with Gasteiger partial charge in [0.2, 0.25) is 0 Å². The summed E-state index contributed by atoms with van der Waals surface area (Å²) in [7, 11) is 0. The summed E-state index contributed by atoms with van der Waals surface area (Å²) in [4.78, 5) is 4.96. The Bertz CT molecular complexity index is 4310. The number of nitrogens with zero attached hydrogens (tertiary/aromatic N) is 2. The first kappa shape index (κ1) is 45.4. The lowest BCUT2D eigenvalue weighted by Crippen LogP contribution is -2.28. The Morgan fingerprint density at radius 1 is 0.203 bits per heavy atom. The van der Waals surface area contributed by atoms with Crippen molar-refractivity contribution >= 4 is 34.1 Å². The largest absolute Gasteiger partial charge is 0.310 e. The molecule has 16 rings (SSSR count). The van der Waals surface area contributed by atoms with E-state index in [1.807, 2.05) is 0 Å².